The van der Waals surface area contributed by atoms with Gasteiger partial charge in [0.15, 0.2) is 6.20 Å². The molecule has 2 fully saturated rings. The number of hydrogen-bond acceptors (Lipinski definition) is 3. The van der Waals surface area contributed by atoms with Gasteiger partial charge >= 0.3 is 5.91 Å². The van der Waals surface area contributed by atoms with E-state index < -0.39 is 0 Å². The van der Waals surface area contributed by atoms with Crippen LogP contribution in [0.5, 0.6) is 0 Å². The molecule has 0 bridgehead atoms. The molecule has 0 aromatic carbocycles. The van der Waals surface area contributed by atoms with Gasteiger partial charge in [-0.3, -0.25) is 4.79 Å². The molecule has 0 N–H and O–H groups in total. The lowest BCUT2D eigenvalue weighted by Gasteiger charge is -2.57. The number of ether oxygens (including phenoxy) is 1. The van der Waals surface area contributed by atoms with Gasteiger partial charge in [-0.05, 0) is 38.7 Å². The number of amides is 1. The highest BCUT2D eigenvalue weighted by atomic mass is 16.5. The van der Waals surface area contributed by atoms with Crippen LogP contribution in [0.4, 0.5) is 0 Å². The molecule has 2 saturated carbocycles. The van der Waals surface area contributed by atoms with Crippen molar-refractivity contribution in [3.63, 3.8) is 0 Å². The summed E-state index contributed by atoms with van der Waals surface area (Å²) in [6.07, 6.45) is 8.12. The van der Waals surface area contributed by atoms with Gasteiger partial charge in [0.05, 0.1) is 6.10 Å². The molecule has 2 aliphatic rings. The predicted molar refractivity (Wildman–Crippen MR) is 91.4 cm³/mol. The fourth-order valence-electron chi connectivity index (χ4n) is 4.67. The van der Waals surface area contributed by atoms with Gasteiger partial charge in [0.25, 0.3) is 5.69 Å². The van der Waals surface area contributed by atoms with Gasteiger partial charge in [-0.25, -0.2) is 0 Å². The number of carbonyl (C=O) groups is 1. The third-order valence-corrected chi connectivity index (χ3v) is 5.79. The monoisotopic (exact) mass is 332 g/mol. The topological polar surface area (TPSA) is 56.5 Å². The Morgan fingerprint density at radius 2 is 2.12 bits per heavy atom. The Morgan fingerprint density at radius 3 is 2.75 bits per heavy atom. The van der Waals surface area contributed by atoms with Gasteiger partial charge in [-0.1, -0.05) is 19.8 Å². The SMILES string of the molecule is CCCN(C(=O)c1cccc[n+]1[O-])[C@@H]1C[C@@H](OCC)C12CCCC2. The van der Waals surface area contributed by atoms with Gasteiger partial charge < -0.3 is 14.8 Å². The minimum atomic E-state index is -0.140. The smallest absolute Gasteiger partial charge is 0.320 e. The molecule has 24 heavy (non-hydrogen) atoms. The van der Waals surface area contributed by atoms with Crippen molar-refractivity contribution in [3.05, 3.63) is 35.3 Å². The van der Waals surface area contributed by atoms with Crippen LogP contribution >= 0.6 is 0 Å². The molecule has 1 heterocycles. The zero-order valence-corrected chi connectivity index (χ0v) is 14.7. The van der Waals surface area contributed by atoms with E-state index in [-0.39, 0.29) is 29.2 Å². The van der Waals surface area contributed by atoms with E-state index in [2.05, 4.69) is 6.92 Å². The van der Waals surface area contributed by atoms with E-state index in [1.54, 1.807) is 18.2 Å². The van der Waals surface area contributed by atoms with E-state index in [9.17, 15) is 10.0 Å². The summed E-state index contributed by atoms with van der Waals surface area (Å²) in [6, 6.07) is 5.23. The maximum absolute atomic E-state index is 13.1. The Bertz CT molecular complexity index is 584. The second kappa shape index (κ2) is 7.09. The first-order chi connectivity index (χ1) is 11.6. The molecular weight excluding hydrogens is 304 g/mol. The van der Waals surface area contributed by atoms with Crippen molar-refractivity contribution in [1.82, 2.24) is 4.90 Å². The molecule has 0 unspecified atom stereocenters. The molecule has 1 aromatic heterocycles. The van der Waals surface area contributed by atoms with Gasteiger partial charge in [-0.15, -0.1) is 0 Å². The summed E-state index contributed by atoms with van der Waals surface area (Å²) in [4.78, 5) is 15.0. The summed E-state index contributed by atoms with van der Waals surface area (Å²) in [7, 11) is 0. The molecule has 0 aliphatic heterocycles. The Morgan fingerprint density at radius 1 is 1.38 bits per heavy atom. The highest BCUT2D eigenvalue weighted by Gasteiger charge is 2.59. The molecule has 5 heteroatoms. The Kier molecular flexibility index (Phi) is 5.09. The standard InChI is InChI=1S/C19H28N2O3/c1-3-12-20(18(22)15-9-5-8-13-21(15)23)16-14-17(24-4-2)19(16)10-6-7-11-19/h5,8-9,13,16-17H,3-4,6-7,10-12,14H2,1-2H3/t16-,17-/m1/s1. The van der Waals surface area contributed by atoms with Crippen LogP contribution in [0.3, 0.4) is 0 Å². The third-order valence-electron chi connectivity index (χ3n) is 5.79. The molecule has 1 aromatic rings. The van der Waals surface area contributed by atoms with E-state index in [4.69, 9.17) is 4.74 Å². The fraction of sp³-hybridized carbons (Fsp3) is 0.684. The minimum Gasteiger partial charge on any atom is -0.618 e. The molecular formula is C19H28N2O3. The summed E-state index contributed by atoms with van der Waals surface area (Å²) in [5, 5.41) is 12.0. The molecule has 2 aliphatic carbocycles. The molecule has 132 valence electrons. The van der Waals surface area contributed by atoms with Crippen molar-refractivity contribution in [2.24, 2.45) is 5.41 Å². The van der Waals surface area contributed by atoms with Crippen molar-refractivity contribution in [1.29, 1.82) is 0 Å². The highest BCUT2D eigenvalue weighted by Crippen LogP contribution is 2.56. The van der Waals surface area contributed by atoms with Crippen LogP contribution in [0.2, 0.25) is 0 Å². The highest BCUT2D eigenvalue weighted by molar-refractivity contribution is 5.91. The fourth-order valence-corrected chi connectivity index (χ4v) is 4.67. The maximum Gasteiger partial charge on any atom is 0.320 e. The van der Waals surface area contributed by atoms with Crippen LogP contribution in [0.25, 0.3) is 0 Å². The first kappa shape index (κ1) is 17.2. The summed E-state index contributed by atoms with van der Waals surface area (Å²) in [6.45, 7) is 5.53. The molecule has 0 radical (unpaired) electrons. The number of pyridine rings is 1. The van der Waals surface area contributed by atoms with Gasteiger partial charge in [0.2, 0.25) is 0 Å². The Labute approximate surface area is 144 Å². The number of aromatic nitrogens is 1. The Hall–Kier alpha value is -1.62. The molecule has 1 amide bonds. The van der Waals surface area contributed by atoms with E-state index in [1.807, 2.05) is 11.8 Å². The van der Waals surface area contributed by atoms with Crippen LogP contribution < -0.4 is 4.73 Å². The quantitative estimate of drug-likeness (QED) is 0.594. The summed E-state index contributed by atoms with van der Waals surface area (Å²) in [5.74, 6) is -0.140. The summed E-state index contributed by atoms with van der Waals surface area (Å²) in [5.41, 5.74) is 0.322. The van der Waals surface area contributed by atoms with E-state index in [0.717, 1.165) is 32.3 Å². The number of rotatable bonds is 6. The lowest BCUT2D eigenvalue weighted by Crippen LogP contribution is -2.65. The largest absolute Gasteiger partial charge is 0.618 e. The second-order valence-electron chi connectivity index (χ2n) is 7.05. The minimum absolute atomic E-state index is 0.101. The van der Waals surface area contributed by atoms with Crippen molar-refractivity contribution >= 4 is 5.91 Å². The Balaban J connectivity index is 1.86. The first-order valence-electron chi connectivity index (χ1n) is 9.24. The van der Waals surface area contributed by atoms with Crippen molar-refractivity contribution < 1.29 is 14.3 Å². The number of hydrogen-bond donors (Lipinski definition) is 0. The van der Waals surface area contributed by atoms with Gasteiger partial charge in [0.1, 0.15) is 0 Å². The predicted octanol–water partition coefficient (Wildman–Crippen LogP) is 2.91. The van der Waals surface area contributed by atoms with E-state index in [0.29, 0.717) is 11.3 Å². The number of carbonyl (C=O) groups excluding carboxylic acids is 1. The normalized spacial score (nSPS) is 24.8. The second-order valence-corrected chi connectivity index (χ2v) is 7.05. The van der Waals surface area contributed by atoms with Crippen LogP contribution in [-0.2, 0) is 4.74 Å². The van der Waals surface area contributed by atoms with Crippen LogP contribution in [0.1, 0.15) is 62.9 Å². The van der Waals surface area contributed by atoms with E-state index in [1.165, 1.54) is 19.0 Å². The first-order valence-corrected chi connectivity index (χ1v) is 9.24. The van der Waals surface area contributed by atoms with Crippen LogP contribution in [0, 0.1) is 10.6 Å². The molecule has 0 saturated heterocycles. The summed E-state index contributed by atoms with van der Waals surface area (Å²) < 4.78 is 6.66. The lowest BCUT2D eigenvalue weighted by atomic mass is 9.59. The average Bonchev–Trinajstić information content (AvgIpc) is 3.09. The van der Waals surface area contributed by atoms with E-state index >= 15 is 0 Å². The maximum atomic E-state index is 13.1. The lowest BCUT2D eigenvalue weighted by molar-refractivity contribution is -0.608. The van der Waals surface area contributed by atoms with Crippen molar-refractivity contribution in [3.8, 4) is 0 Å². The summed E-state index contributed by atoms with van der Waals surface area (Å²) >= 11 is 0. The molecule has 1 spiro atoms. The zero-order chi connectivity index (χ0) is 17.2. The molecule has 2 atom stereocenters. The van der Waals surface area contributed by atoms with Crippen LogP contribution in [-0.4, -0.2) is 36.1 Å². The van der Waals surface area contributed by atoms with Crippen LogP contribution in [0.15, 0.2) is 24.4 Å². The van der Waals surface area contributed by atoms with Crippen molar-refractivity contribution in [2.75, 3.05) is 13.2 Å². The van der Waals surface area contributed by atoms with Gasteiger partial charge in [-0.2, -0.15) is 4.73 Å². The molecule has 5 nitrogen and oxygen atoms in total. The van der Waals surface area contributed by atoms with Crippen molar-refractivity contribution in [2.45, 2.75) is 64.5 Å². The third kappa shape index (κ3) is 2.79. The zero-order valence-electron chi connectivity index (χ0n) is 14.7. The number of nitrogens with zero attached hydrogens (tertiary/aromatic N) is 2. The van der Waals surface area contributed by atoms with Gasteiger partial charge in [0, 0.05) is 36.7 Å². The average molecular weight is 332 g/mol. The molecule has 3 rings (SSSR count).